The summed E-state index contributed by atoms with van der Waals surface area (Å²) < 4.78 is 4.47. The monoisotopic (exact) mass is 251 g/mol. The molecule has 0 aliphatic heterocycles. The Hall–Kier alpha value is -2.04. The molecule has 0 aromatic heterocycles. The van der Waals surface area contributed by atoms with Crippen LogP contribution < -0.4 is 5.32 Å². The van der Waals surface area contributed by atoms with Crippen LogP contribution in [-0.4, -0.2) is 24.3 Å². The molecule has 0 radical (unpaired) electrons. The largest absolute Gasteiger partial charge is 0.478 e. The smallest absolute Gasteiger partial charge is 0.411 e. The molecule has 0 aliphatic carbocycles. The summed E-state index contributed by atoms with van der Waals surface area (Å²) in [6.45, 7) is 5.74. The fraction of sp³-hybridized carbons (Fsp3) is 0.385. The topological polar surface area (TPSA) is 75.6 Å². The van der Waals surface area contributed by atoms with E-state index >= 15 is 0 Å². The van der Waals surface area contributed by atoms with Crippen molar-refractivity contribution in [3.8, 4) is 0 Å². The van der Waals surface area contributed by atoms with Gasteiger partial charge in [0.25, 0.3) is 0 Å². The number of methoxy groups -OCH3 is 1. The minimum Gasteiger partial charge on any atom is -0.478 e. The van der Waals surface area contributed by atoms with Crippen LogP contribution in [-0.2, 0) is 10.2 Å². The molecule has 18 heavy (non-hydrogen) atoms. The normalized spacial score (nSPS) is 10.9. The van der Waals surface area contributed by atoms with E-state index in [9.17, 15) is 14.7 Å². The molecule has 0 unspecified atom stereocenters. The summed E-state index contributed by atoms with van der Waals surface area (Å²) >= 11 is 0. The van der Waals surface area contributed by atoms with Crippen molar-refractivity contribution in [2.45, 2.75) is 26.2 Å². The SMILES string of the molecule is COC(=O)Nc1cccc(C(C)(C)C)c1C(=O)O. The lowest BCUT2D eigenvalue weighted by Gasteiger charge is -2.23. The standard InChI is InChI=1S/C13H17NO4/c1-13(2,3)8-6-5-7-9(10(8)11(15)16)14-12(17)18-4/h5-7H,1-4H3,(H,14,17)(H,15,16). The van der Waals surface area contributed by atoms with Gasteiger partial charge in [0.2, 0.25) is 0 Å². The summed E-state index contributed by atoms with van der Waals surface area (Å²) in [4.78, 5) is 22.6. The Morgan fingerprint density at radius 3 is 2.33 bits per heavy atom. The van der Waals surface area contributed by atoms with Crippen LogP contribution in [0.15, 0.2) is 18.2 Å². The number of carbonyl (C=O) groups excluding carboxylic acids is 1. The summed E-state index contributed by atoms with van der Waals surface area (Å²) in [7, 11) is 1.23. The van der Waals surface area contributed by atoms with E-state index in [1.54, 1.807) is 12.1 Å². The van der Waals surface area contributed by atoms with Crippen LogP contribution in [0.2, 0.25) is 0 Å². The van der Waals surface area contributed by atoms with Crippen LogP contribution in [0.5, 0.6) is 0 Å². The van der Waals surface area contributed by atoms with Crippen LogP contribution in [0.4, 0.5) is 10.5 Å². The maximum absolute atomic E-state index is 11.4. The highest BCUT2D eigenvalue weighted by Gasteiger charge is 2.24. The summed E-state index contributed by atoms with van der Waals surface area (Å²) in [5.74, 6) is -1.08. The van der Waals surface area contributed by atoms with E-state index in [1.807, 2.05) is 20.8 Å². The Bertz CT molecular complexity index is 474. The van der Waals surface area contributed by atoms with Crippen LogP contribution >= 0.6 is 0 Å². The van der Waals surface area contributed by atoms with Gasteiger partial charge in [-0.25, -0.2) is 9.59 Å². The number of amides is 1. The fourth-order valence-electron chi connectivity index (χ4n) is 1.67. The van der Waals surface area contributed by atoms with Gasteiger partial charge in [0.15, 0.2) is 0 Å². The summed E-state index contributed by atoms with van der Waals surface area (Å²) in [6, 6.07) is 4.99. The van der Waals surface area contributed by atoms with E-state index in [2.05, 4.69) is 10.1 Å². The first-order valence-corrected chi connectivity index (χ1v) is 5.49. The molecule has 0 fully saturated rings. The van der Waals surface area contributed by atoms with Crippen LogP contribution in [0.3, 0.4) is 0 Å². The number of aromatic carboxylic acids is 1. The molecular weight excluding hydrogens is 234 g/mol. The Kier molecular flexibility index (Phi) is 3.96. The van der Waals surface area contributed by atoms with Gasteiger partial charge < -0.3 is 9.84 Å². The number of rotatable bonds is 2. The molecule has 0 saturated carbocycles. The number of ether oxygens (including phenoxy) is 1. The number of hydrogen-bond donors (Lipinski definition) is 2. The molecule has 0 spiro atoms. The lowest BCUT2D eigenvalue weighted by molar-refractivity contribution is 0.0695. The number of carboxylic acid groups (broad SMARTS) is 1. The van der Waals surface area contributed by atoms with E-state index in [1.165, 1.54) is 13.2 Å². The number of hydrogen-bond acceptors (Lipinski definition) is 3. The molecule has 1 aromatic carbocycles. The van der Waals surface area contributed by atoms with Gasteiger partial charge >= 0.3 is 12.1 Å². The quantitative estimate of drug-likeness (QED) is 0.847. The van der Waals surface area contributed by atoms with Gasteiger partial charge in [-0.3, -0.25) is 5.32 Å². The van der Waals surface area contributed by atoms with Gasteiger partial charge in [-0.1, -0.05) is 32.9 Å². The van der Waals surface area contributed by atoms with Crippen molar-refractivity contribution in [3.63, 3.8) is 0 Å². The zero-order valence-corrected chi connectivity index (χ0v) is 10.9. The average molecular weight is 251 g/mol. The maximum Gasteiger partial charge on any atom is 0.411 e. The van der Waals surface area contributed by atoms with Gasteiger partial charge in [0.05, 0.1) is 18.4 Å². The summed E-state index contributed by atoms with van der Waals surface area (Å²) in [6.07, 6.45) is -0.691. The van der Waals surface area contributed by atoms with Gasteiger partial charge in [-0.2, -0.15) is 0 Å². The van der Waals surface area contributed by atoms with Gasteiger partial charge in [0.1, 0.15) is 0 Å². The second-order valence-electron chi connectivity index (χ2n) is 4.90. The number of nitrogens with one attached hydrogen (secondary N) is 1. The second kappa shape index (κ2) is 5.08. The number of anilines is 1. The van der Waals surface area contributed by atoms with Gasteiger partial charge in [-0.15, -0.1) is 0 Å². The van der Waals surface area contributed by atoms with E-state index in [4.69, 9.17) is 0 Å². The highest BCUT2D eigenvalue weighted by Crippen LogP contribution is 2.30. The van der Waals surface area contributed by atoms with Crippen molar-refractivity contribution < 1.29 is 19.4 Å². The zero-order valence-electron chi connectivity index (χ0n) is 10.9. The predicted octanol–water partition coefficient (Wildman–Crippen LogP) is 2.86. The molecule has 5 nitrogen and oxygen atoms in total. The molecule has 0 heterocycles. The first-order chi connectivity index (χ1) is 8.27. The highest BCUT2D eigenvalue weighted by molar-refractivity contribution is 6.00. The molecule has 0 aliphatic rings. The van der Waals surface area contributed by atoms with Crippen molar-refractivity contribution in [2.75, 3.05) is 12.4 Å². The lowest BCUT2D eigenvalue weighted by Crippen LogP contribution is -2.20. The minimum atomic E-state index is -1.08. The Morgan fingerprint density at radius 1 is 1.28 bits per heavy atom. The van der Waals surface area contributed by atoms with Crippen LogP contribution in [0.1, 0.15) is 36.7 Å². The number of carbonyl (C=O) groups is 2. The predicted molar refractivity (Wildman–Crippen MR) is 68.1 cm³/mol. The summed E-state index contributed by atoms with van der Waals surface area (Å²) in [5.41, 5.74) is 0.655. The van der Waals surface area contributed by atoms with E-state index in [0.29, 0.717) is 5.56 Å². The molecule has 0 bridgehead atoms. The average Bonchev–Trinajstić information content (AvgIpc) is 2.27. The Morgan fingerprint density at radius 2 is 1.89 bits per heavy atom. The minimum absolute atomic E-state index is 0.0930. The van der Waals surface area contributed by atoms with Crippen molar-refractivity contribution in [1.82, 2.24) is 0 Å². The van der Waals surface area contributed by atoms with Crippen LogP contribution in [0.25, 0.3) is 0 Å². The maximum atomic E-state index is 11.4. The van der Waals surface area contributed by atoms with Gasteiger partial charge in [0, 0.05) is 0 Å². The molecule has 1 amide bonds. The number of carboxylic acids is 1. The van der Waals surface area contributed by atoms with Crippen molar-refractivity contribution in [1.29, 1.82) is 0 Å². The second-order valence-corrected chi connectivity index (χ2v) is 4.90. The number of benzene rings is 1. The molecule has 0 atom stereocenters. The van der Waals surface area contributed by atoms with Crippen molar-refractivity contribution in [3.05, 3.63) is 29.3 Å². The third kappa shape index (κ3) is 3.00. The third-order valence-electron chi connectivity index (χ3n) is 2.51. The van der Waals surface area contributed by atoms with Crippen molar-refractivity contribution in [2.24, 2.45) is 0 Å². The zero-order chi connectivity index (χ0) is 13.9. The van der Waals surface area contributed by atoms with Crippen LogP contribution in [0, 0.1) is 0 Å². The first-order valence-electron chi connectivity index (χ1n) is 5.49. The van der Waals surface area contributed by atoms with E-state index in [-0.39, 0.29) is 16.7 Å². The Labute approximate surface area is 106 Å². The molecule has 0 saturated heterocycles. The van der Waals surface area contributed by atoms with E-state index < -0.39 is 12.1 Å². The third-order valence-corrected chi connectivity index (χ3v) is 2.51. The molecule has 1 rings (SSSR count). The molecule has 5 heteroatoms. The van der Waals surface area contributed by atoms with Crippen molar-refractivity contribution >= 4 is 17.7 Å². The fourth-order valence-corrected chi connectivity index (χ4v) is 1.67. The molecule has 1 aromatic rings. The molecule has 98 valence electrons. The summed E-state index contributed by atoms with van der Waals surface area (Å²) in [5, 5.41) is 11.7. The van der Waals surface area contributed by atoms with E-state index in [0.717, 1.165) is 0 Å². The Balaban J connectivity index is 3.35. The lowest BCUT2D eigenvalue weighted by atomic mass is 9.83. The molecule has 2 N–H and O–H groups in total. The first kappa shape index (κ1) is 14.0. The highest BCUT2D eigenvalue weighted by atomic mass is 16.5. The van der Waals surface area contributed by atoms with Gasteiger partial charge in [-0.05, 0) is 17.0 Å². The molecular formula is C13H17NO4.